The molecule has 32 heavy (non-hydrogen) atoms. The maximum Gasteiger partial charge on any atom is 0.230 e. The van der Waals surface area contributed by atoms with Gasteiger partial charge >= 0.3 is 0 Å². The van der Waals surface area contributed by atoms with Crippen molar-refractivity contribution < 1.29 is 9.47 Å². The second-order valence-electron chi connectivity index (χ2n) is 7.96. The van der Waals surface area contributed by atoms with Crippen LogP contribution >= 0.6 is 0 Å². The van der Waals surface area contributed by atoms with Gasteiger partial charge in [-0.2, -0.15) is 0 Å². The van der Waals surface area contributed by atoms with Gasteiger partial charge in [0.1, 0.15) is 11.5 Å². The van der Waals surface area contributed by atoms with E-state index in [9.17, 15) is 0 Å². The molecule has 0 aliphatic rings. The van der Waals surface area contributed by atoms with Crippen LogP contribution in [0.5, 0.6) is 11.5 Å². The number of unbranched alkanes of at least 4 members (excludes halogenated alkanes) is 4. The molecule has 0 bridgehead atoms. The Balaban J connectivity index is 1.71. The summed E-state index contributed by atoms with van der Waals surface area (Å²) < 4.78 is 13.4. The fraction of sp³-hybridized carbons (Fsp3) is 0.333. The maximum atomic E-state index is 5.64. The van der Waals surface area contributed by atoms with Gasteiger partial charge in [-0.3, -0.25) is 0 Å². The van der Waals surface area contributed by atoms with Gasteiger partial charge in [0.15, 0.2) is 0 Å². The largest absolute Gasteiger partial charge is 0.496 e. The highest BCUT2D eigenvalue weighted by molar-refractivity contribution is 6.06. The van der Waals surface area contributed by atoms with Crippen molar-refractivity contribution in [2.45, 2.75) is 45.6 Å². The standard InChI is InChI=1S/C27H31N3O2/c1-4-5-6-7-10-18-30-23-14-9-8-13-22(23)29-27(30)28-19-20-16-17-24(31-2)21-12-11-15-25(32-3)26(20)21/h8-9,11-17,19H,4-7,10,18H2,1-3H3. The maximum absolute atomic E-state index is 5.64. The third-order valence-corrected chi connectivity index (χ3v) is 5.87. The van der Waals surface area contributed by atoms with E-state index in [1.807, 2.05) is 48.7 Å². The molecule has 0 aliphatic carbocycles. The average Bonchev–Trinajstić information content (AvgIpc) is 3.19. The predicted octanol–water partition coefficient (Wildman–Crippen LogP) is 6.93. The van der Waals surface area contributed by atoms with Crippen LogP contribution in [0, 0.1) is 0 Å². The number of aromatic nitrogens is 2. The normalized spacial score (nSPS) is 11.6. The Kier molecular flexibility index (Phi) is 7.05. The molecule has 0 radical (unpaired) electrons. The molecule has 0 saturated heterocycles. The summed E-state index contributed by atoms with van der Waals surface area (Å²) in [5.74, 6) is 2.35. The van der Waals surface area contributed by atoms with Crippen LogP contribution in [-0.2, 0) is 6.54 Å². The number of fused-ring (bicyclic) bond motifs is 2. The van der Waals surface area contributed by atoms with Crippen LogP contribution in [-0.4, -0.2) is 30.0 Å². The van der Waals surface area contributed by atoms with Crippen molar-refractivity contribution in [3.63, 3.8) is 0 Å². The first-order chi connectivity index (χ1) is 15.8. The molecule has 5 heteroatoms. The highest BCUT2D eigenvalue weighted by atomic mass is 16.5. The molecule has 0 N–H and O–H groups in total. The van der Waals surface area contributed by atoms with E-state index in [0.29, 0.717) is 0 Å². The first kappa shape index (κ1) is 21.9. The third-order valence-electron chi connectivity index (χ3n) is 5.87. The molecule has 1 heterocycles. The molecule has 0 saturated carbocycles. The van der Waals surface area contributed by atoms with Gasteiger partial charge < -0.3 is 14.0 Å². The third kappa shape index (κ3) is 4.47. The smallest absolute Gasteiger partial charge is 0.230 e. The van der Waals surface area contributed by atoms with Gasteiger partial charge in [-0.15, -0.1) is 0 Å². The molecule has 166 valence electrons. The Morgan fingerprint density at radius 3 is 2.50 bits per heavy atom. The molecule has 0 unspecified atom stereocenters. The Bertz CT molecular complexity index is 1230. The van der Waals surface area contributed by atoms with Crippen molar-refractivity contribution in [1.82, 2.24) is 9.55 Å². The Morgan fingerprint density at radius 2 is 1.69 bits per heavy atom. The zero-order chi connectivity index (χ0) is 22.3. The summed E-state index contributed by atoms with van der Waals surface area (Å²) in [6.07, 6.45) is 8.06. The predicted molar refractivity (Wildman–Crippen MR) is 133 cm³/mol. The summed E-state index contributed by atoms with van der Waals surface area (Å²) in [6, 6.07) is 18.2. The molecule has 0 fully saturated rings. The van der Waals surface area contributed by atoms with Gasteiger partial charge in [0.25, 0.3) is 0 Å². The Labute approximate surface area is 189 Å². The van der Waals surface area contributed by atoms with Crippen LogP contribution in [0.1, 0.15) is 44.6 Å². The minimum absolute atomic E-state index is 0.737. The fourth-order valence-corrected chi connectivity index (χ4v) is 4.21. The molecule has 1 aromatic heterocycles. The molecule has 0 amide bonds. The molecule has 0 aliphatic heterocycles. The lowest BCUT2D eigenvalue weighted by Crippen LogP contribution is -1.98. The quantitative estimate of drug-likeness (QED) is 0.203. The first-order valence-corrected chi connectivity index (χ1v) is 11.4. The minimum atomic E-state index is 0.737. The van der Waals surface area contributed by atoms with Crippen molar-refractivity contribution in [2.75, 3.05) is 14.2 Å². The van der Waals surface area contributed by atoms with Crippen molar-refractivity contribution in [2.24, 2.45) is 4.99 Å². The minimum Gasteiger partial charge on any atom is -0.496 e. The van der Waals surface area contributed by atoms with Gasteiger partial charge in [-0.05, 0) is 36.8 Å². The second kappa shape index (κ2) is 10.3. The molecular weight excluding hydrogens is 398 g/mol. The summed E-state index contributed by atoms with van der Waals surface area (Å²) >= 11 is 0. The lowest BCUT2D eigenvalue weighted by molar-refractivity contribution is 0.415. The number of hydrogen-bond donors (Lipinski definition) is 0. The number of rotatable bonds is 10. The summed E-state index contributed by atoms with van der Waals surface area (Å²) in [5.41, 5.74) is 3.08. The number of imidazole rings is 1. The van der Waals surface area contributed by atoms with E-state index < -0.39 is 0 Å². The number of methoxy groups -OCH3 is 2. The topological polar surface area (TPSA) is 48.6 Å². The molecule has 0 atom stereocenters. The van der Waals surface area contributed by atoms with Crippen LogP contribution in [0.15, 0.2) is 59.6 Å². The summed E-state index contributed by atoms with van der Waals surface area (Å²) in [7, 11) is 3.37. The van der Waals surface area contributed by atoms with Crippen LogP contribution in [0.2, 0.25) is 0 Å². The van der Waals surface area contributed by atoms with Crippen LogP contribution < -0.4 is 9.47 Å². The molecule has 3 aromatic carbocycles. The highest BCUT2D eigenvalue weighted by Gasteiger charge is 2.12. The fourth-order valence-electron chi connectivity index (χ4n) is 4.21. The van der Waals surface area contributed by atoms with E-state index in [1.54, 1.807) is 14.2 Å². The van der Waals surface area contributed by atoms with E-state index in [2.05, 4.69) is 23.6 Å². The number of nitrogens with zero attached hydrogens (tertiary/aromatic N) is 3. The Morgan fingerprint density at radius 1 is 0.875 bits per heavy atom. The zero-order valence-electron chi connectivity index (χ0n) is 19.2. The Hall–Kier alpha value is -3.34. The lowest BCUT2D eigenvalue weighted by atomic mass is 10.0. The van der Waals surface area contributed by atoms with Crippen molar-refractivity contribution >= 4 is 34.0 Å². The van der Waals surface area contributed by atoms with E-state index in [0.717, 1.165) is 57.8 Å². The monoisotopic (exact) mass is 429 g/mol. The van der Waals surface area contributed by atoms with Gasteiger partial charge in [0.2, 0.25) is 5.95 Å². The number of aryl methyl sites for hydroxylation is 1. The van der Waals surface area contributed by atoms with E-state index in [-0.39, 0.29) is 0 Å². The first-order valence-electron chi connectivity index (χ1n) is 11.4. The van der Waals surface area contributed by atoms with Gasteiger partial charge in [-0.25, -0.2) is 9.98 Å². The zero-order valence-corrected chi connectivity index (χ0v) is 19.2. The molecule has 5 nitrogen and oxygen atoms in total. The molecule has 4 aromatic rings. The van der Waals surface area contributed by atoms with Crippen molar-refractivity contribution in [3.05, 3.63) is 60.2 Å². The number of para-hydroxylation sites is 2. The van der Waals surface area contributed by atoms with Crippen LogP contribution in [0.25, 0.3) is 21.8 Å². The van der Waals surface area contributed by atoms with Gasteiger partial charge in [0, 0.05) is 29.1 Å². The summed E-state index contributed by atoms with van der Waals surface area (Å²) in [5, 5.41) is 1.99. The van der Waals surface area contributed by atoms with E-state index in [4.69, 9.17) is 19.5 Å². The van der Waals surface area contributed by atoms with Crippen LogP contribution in [0.4, 0.5) is 5.95 Å². The number of aliphatic imine (C=N–C) groups is 1. The molecular formula is C27H31N3O2. The lowest BCUT2D eigenvalue weighted by Gasteiger charge is -2.11. The highest BCUT2D eigenvalue weighted by Crippen LogP contribution is 2.34. The average molecular weight is 430 g/mol. The van der Waals surface area contributed by atoms with Gasteiger partial charge in [0.05, 0.1) is 25.3 Å². The number of benzene rings is 3. The van der Waals surface area contributed by atoms with Gasteiger partial charge in [-0.1, -0.05) is 56.9 Å². The number of ether oxygens (including phenoxy) is 2. The van der Waals surface area contributed by atoms with Crippen molar-refractivity contribution in [1.29, 1.82) is 0 Å². The molecule has 0 spiro atoms. The summed E-state index contributed by atoms with van der Waals surface area (Å²) in [4.78, 5) is 9.65. The van der Waals surface area contributed by atoms with E-state index >= 15 is 0 Å². The van der Waals surface area contributed by atoms with Crippen LogP contribution in [0.3, 0.4) is 0 Å². The molecule has 4 rings (SSSR count). The summed E-state index contributed by atoms with van der Waals surface area (Å²) in [6.45, 7) is 3.16. The van der Waals surface area contributed by atoms with E-state index in [1.165, 1.54) is 25.7 Å². The number of hydrogen-bond acceptors (Lipinski definition) is 4. The SMILES string of the molecule is CCCCCCCn1c(N=Cc2ccc(OC)c3cccc(OC)c23)nc2ccccc21. The second-order valence-corrected chi connectivity index (χ2v) is 7.96. The van der Waals surface area contributed by atoms with Crippen molar-refractivity contribution in [3.8, 4) is 11.5 Å².